The maximum absolute atomic E-state index is 12.0. The molecule has 1 aromatic rings. The van der Waals surface area contributed by atoms with E-state index in [9.17, 15) is 4.79 Å². The monoisotopic (exact) mass is 274 g/mol. The average molecular weight is 274 g/mol. The molecule has 1 atom stereocenters. The average Bonchev–Trinajstić information content (AvgIpc) is 2.90. The van der Waals surface area contributed by atoms with E-state index in [1.54, 1.807) is 0 Å². The van der Waals surface area contributed by atoms with Crippen LogP contribution in [0.2, 0.25) is 0 Å². The highest BCUT2D eigenvalue weighted by Gasteiger charge is 2.21. The highest BCUT2D eigenvalue weighted by atomic mass is 16.2. The lowest BCUT2D eigenvalue weighted by Gasteiger charge is -2.21. The Hall–Kier alpha value is -1.35. The number of hydrogen-bond acceptors (Lipinski definition) is 2. The van der Waals surface area contributed by atoms with Crippen molar-refractivity contribution in [2.45, 2.75) is 58.5 Å². The summed E-state index contributed by atoms with van der Waals surface area (Å²) in [5.74, 6) is 0.128. The fourth-order valence-electron chi connectivity index (χ4n) is 2.54. The van der Waals surface area contributed by atoms with Crippen LogP contribution in [0.1, 0.15) is 50.3 Å². The smallest absolute Gasteiger partial charge is 0.237 e. The van der Waals surface area contributed by atoms with Gasteiger partial charge in [0.05, 0.1) is 6.04 Å². The molecule has 0 aromatic heterocycles. The van der Waals surface area contributed by atoms with Gasteiger partial charge in [-0.3, -0.25) is 4.79 Å². The van der Waals surface area contributed by atoms with Gasteiger partial charge in [-0.05, 0) is 48.4 Å². The maximum atomic E-state index is 12.0. The van der Waals surface area contributed by atoms with E-state index in [1.807, 2.05) is 0 Å². The first-order valence-corrected chi connectivity index (χ1v) is 7.49. The number of carbonyl (C=O) groups is 1. The number of amides is 1. The predicted molar refractivity (Wildman–Crippen MR) is 82.8 cm³/mol. The largest absolute Gasteiger partial charge is 0.351 e. The SMILES string of the molecule is Cc1ccc(C(C)(C)C)cc1CNC(=O)C1CCCN1. The van der Waals surface area contributed by atoms with Crippen molar-refractivity contribution >= 4 is 5.91 Å². The van der Waals surface area contributed by atoms with E-state index in [0.29, 0.717) is 6.54 Å². The Bertz CT molecular complexity index is 482. The molecule has 2 rings (SSSR count). The minimum Gasteiger partial charge on any atom is -0.351 e. The first kappa shape index (κ1) is 15.0. The molecule has 1 aliphatic rings. The zero-order valence-electron chi connectivity index (χ0n) is 13.0. The second kappa shape index (κ2) is 5.96. The molecule has 110 valence electrons. The van der Waals surface area contributed by atoms with Crippen LogP contribution in [0, 0.1) is 6.92 Å². The molecule has 1 unspecified atom stereocenters. The second-order valence-electron chi connectivity index (χ2n) is 6.76. The summed E-state index contributed by atoms with van der Waals surface area (Å²) in [6.07, 6.45) is 2.05. The molecule has 1 fully saturated rings. The van der Waals surface area contributed by atoms with Crippen molar-refractivity contribution in [1.29, 1.82) is 0 Å². The molecule has 1 aromatic carbocycles. The summed E-state index contributed by atoms with van der Waals surface area (Å²) in [6, 6.07) is 6.55. The number of rotatable bonds is 3. The minimum absolute atomic E-state index is 0.00102. The van der Waals surface area contributed by atoms with E-state index in [2.05, 4.69) is 56.5 Å². The van der Waals surface area contributed by atoms with Gasteiger partial charge < -0.3 is 10.6 Å². The van der Waals surface area contributed by atoms with Gasteiger partial charge in [0.25, 0.3) is 0 Å². The molecular weight excluding hydrogens is 248 g/mol. The number of hydrogen-bond donors (Lipinski definition) is 2. The molecule has 0 aliphatic carbocycles. The van der Waals surface area contributed by atoms with Crippen LogP contribution in [0.4, 0.5) is 0 Å². The third-order valence-electron chi connectivity index (χ3n) is 4.05. The fraction of sp³-hybridized carbons (Fsp3) is 0.588. The van der Waals surface area contributed by atoms with Crippen molar-refractivity contribution in [3.05, 3.63) is 34.9 Å². The molecule has 0 saturated carbocycles. The molecule has 1 amide bonds. The molecule has 3 nitrogen and oxygen atoms in total. The van der Waals surface area contributed by atoms with Crippen LogP contribution in [0.5, 0.6) is 0 Å². The van der Waals surface area contributed by atoms with Gasteiger partial charge >= 0.3 is 0 Å². The van der Waals surface area contributed by atoms with Crippen molar-refractivity contribution in [3.8, 4) is 0 Å². The number of aryl methyl sites for hydroxylation is 1. The van der Waals surface area contributed by atoms with Crippen LogP contribution in [0.15, 0.2) is 18.2 Å². The second-order valence-corrected chi connectivity index (χ2v) is 6.76. The summed E-state index contributed by atoms with van der Waals surface area (Å²) in [4.78, 5) is 12.0. The molecule has 1 saturated heterocycles. The zero-order chi connectivity index (χ0) is 14.8. The number of carbonyl (C=O) groups excluding carboxylic acids is 1. The lowest BCUT2D eigenvalue weighted by atomic mass is 9.85. The number of nitrogens with one attached hydrogen (secondary N) is 2. The van der Waals surface area contributed by atoms with Gasteiger partial charge in [-0.15, -0.1) is 0 Å². The van der Waals surface area contributed by atoms with Crippen LogP contribution in [-0.4, -0.2) is 18.5 Å². The van der Waals surface area contributed by atoms with Gasteiger partial charge in [-0.2, -0.15) is 0 Å². The molecule has 2 N–H and O–H groups in total. The van der Waals surface area contributed by atoms with E-state index in [0.717, 1.165) is 19.4 Å². The summed E-state index contributed by atoms with van der Waals surface area (Å²) in [7, 11) is 0. The summed E-state index contributed by atoms with van der Waals surface area (Å²) in [6.45, 7) is 10.3. The van der Waals surface area contributed by atoms with Crippen LogP contribution in [0.3, 0.4) is 0 Å². The number of benzene rings is 1. The summed E-state index contributed by atoms with van der Waals surface area (Å²) in [5.41, 5.74) is 3.90. The van der Waals surface area contributed by atoms with Gasteiger partial charge in [-0.25, -0.2) is 0 Å². The lowest BCUT2D eigenvalue weighted by Crippen LogP contribution is -2.40. The van der Waals surface area contributed by atoms with E-state index in [-0.39, 0.29) is 17.4 Å². The minimum atomic E-state index is 0.00102. The summed E-state index contributed by atoms with van der Waals surface area (Å²) < 4.78 is 0. The van der Waals surface area contributed by atoms with Gasteiger partial charge in [-0.1, -0.05) is 39.0 Å². The van der Waals surface area contributed by atoms with Crippen molar-refractivity contribution < 1.29 is 4.79 Å². The molecule has 0 bridgehead atoms. The third-order valence-corrected chi connectivity index (χ3v) is 4.05. The van der Waals surface area contributed by atoms with Gasteiger partial charge in [0.2, 0.25) is 5.91 Å². The summed E-state index contributed by atoms with van der Waals surface area (Å²) in [5, 5.41) is 6.29. The Morgan fingerprint density at radius 2 is 2.15 bits per heavy atom. The molecular formula is C17H26N2O. The third kappa shape index (κ3) is 3.60. The molecule has 1 heterocycles. The van der Waals surface area contributed by atoms with Crippen molar-refractivity contribution in [2.75, 3.05) is 6.54 Å². The topological polar surface area (TPSA) is 41.1 Å². The Morgan fingerprint density at radius 1 is 1.40 bits per heavy atom. The normalized spacial score (nSPS) is 19.1. The van der Waals surface area contributed by atoms with Crippen LogP contribution < -0.4 is 10.6 Å². The predicted octanol–water partition coefficient (Wildman–Crippen LogP) is 2.66. The zero-order valence-corrected chi connectivity index (χ0v) is 13.0. The van der Waals surface area contributed by atoms with Gasteiger partial charge in [0, 0.05) is 6.54 Å². The van der Waals surface area contributed by atoms with Gasteiger partial charge in [0.15, 0.2) is 0 Å². The molecule has 3 heteroatoms. The molecule has 0 spiro atoms. The van der Waals surface area contributed by atoms with Gasteiger partial charge in [0.1, 0.15) is 0 Å². The fourth-order valence-corrected chi connectivity index (χ4v) is 2.54. The maximum Gasteiger partial charge on any atom is 0.237 e. The van der Waals surface area contributed by atoms with E-state index >= 15 is 0 Å². The van der Waals surface area contributed by atoms with Crippen LogP contribution in [-0.2, 0) is 16.8 Å². The van der Waals surface area contributed by atoms with Crippen LogP contribution in [0.25, 0.3) is 0 Å². The molecule has 1 aliphatic heterocycles. The Kier molecular flexibility index (Phi) is 4.48. The van der Waals surface area contributed by atoms with Crippen molar-refractivity contribution in [2.24, 2.45) is 0 Å². The highest BCUT2D eigenvalue weighted by molar-refractivity contribution is 5.82. The lowest BCUT2D eigenvalue weighted by molar-refractivity contribution is -0.122. The summed E-state index contributed by atoms with van der Waals surface area (Å²) >= 11 is 0. The van der Waals surface area contributed by atoms with Crippen molar-refractivity contribution in [1.82, 2.24) is 10.6 Å². The van der Waals surface area contributed by atoms with Crippen molar-refractivity contribution in [3.63, 3.8) is 0 Å². The Morgan fingerprint density at radius 3 is 2.75 bits per heavy atom. The molecule has 20 heavy (non-hydrogen) atoms. The van der Waals surface area contributed by atoms with E-state index in [1.165, 1.54) is 16.7 Å². The standard InChI is InChI=1S/C17H26N2O/c1-12-7-8-14(17(2,3)4)10-13(12)11-19-16(20)15-6-5-9-18-15/h7-8,10,15,18H,5-6,9,11H2,1-4H3,(H,19,20). The Labute approximate surface area is 122 Å². The Balaban J connectivity index is 2.03. The van der Waals surface area contributed by atoms with Crippen LogP contribution >= 0.6 is 0 Å². The first-order valence-electron chi connectivity index (χ1n) is 7.49. The highest BCUT2D eigenvalue weighted by Crippen LogP contribution is 2.24. The molecule has 0 radical (unpaired) electrons. The quantitative estimate of drug-likeness (QED) is 0.889. The van der Waals surface area contributed by atoms with E-state index < -0.39 is 0 Å². The van der Waals surface area contributed by atoms with E-state index in [4.69, 9.17) is 0 Å². The first-order chi connectivity index (χ1) is 9.38.